The molecular weight excluding hydrogens is 390 g/mol. The van der Waals surface area contributed by atoms with Crippen molar-refractivity contribution in [3.8, 4) is 0 Å². The van der Waals surface area contributed by atoms with Gasteiger partial charge in [0.1, 0.15) is 0 Å². The first kappa shape index (κ1) is 19.2. The van der Waals surface area contributed by atoms with Gasteiger partial charge in [0, 0.05) is 28.1 Å². The summed E-state index contributed by atoms with van der Waals surface area (Å²) in [6.45, 7) is 4.03. The molecule has 146 valence electrons. The molecule has 0 unspecified atom stereocenters. The first-order valence-electron chi connectivity index (χ1n) is 9.49. The lowest BCUT2D eigenvalue weighted by molar-refractivity contribution is -0.113. The molecule has 2 aromatic heterocycles. The molecule has 5 nitrogen and oxygen atoms in total. The second-order valence-electron chi connectivity index (χ2n) is 7.30. The number of nitrogens with one attached hydrogen (secondary N) is 1. The molecule has 0 spiro atoms. The van der Waals surface area contributed by atoms with Crippen molar-refractivity contribution in [3.63, 3.8) is 0 Å². The Morgan fingerprint density at radius 1 is 1.18 bits per heavy atom. The normalized spacial score (nSPS) is 13.5. The number of hydrogen-bond donors (Lipinski definition) is 1. The number of carbonyl (C=O) groups excluding carboxylic acids is 1. The summed E-state index contributed by atoms with van der Waals surface area (Å²) >= 11 is 3.11. The molecule has 0 fully saturated rings. The number of rotatable bonds is 5. The van der Waals surface area contributed by atoms with Gasteiger partial charge in [0.25, 0.3) is 5.56 Å². The molecule has 1 aromatic carbocycles. The summed E-state index contributed by atoms with van der Waals surface area (Å²) < 4.78 is 1.78. The fourth-order valence-corrected chi connectivity index (χ4v) is 5.66. The molecule has 1 aliphatic carbocycles. The molecule has 0 saturated heterocycles. The first-order chi connectivity index (χ1) is 13.5. The highest BCUT2D eigenvalue weighted by Gasteiger charge is 2.18. The Labute approximate surface area is 172 Å². The zero-order chi connectivity index (χ0) is 19.7. The van der Waals surface area contributed by atoms with E-state index in [4.69, 9.17) is 0 Å². The van der Waals surface area contributed by atoms with Gasteiger partial charge in [-0.1, -0.05) is 6.07 Å². The number of amides is 1. The number of carbonyl (C=O) groups is 1. The topological polar surface area (TPSA) is 63.5 Å². The van der Waals surface area contributed by atoms with Gasteiger partial charge in [0.15, 0.2) is 4.96 Å². The minimum atomic E-state index is -0.0422. The zero-order valence-electron chi connectivity index (χ0n) is 16.1. The summed E-state index contributed by atoms with van der Waals surface area (Å²) in [6.07, 6.45) is 4.33. The maximum absolute atomic E-state index is 12.6. The molecule has 7 heteroatoms. The van der Waals surface area contributed by atoms with Crippen LogP contribution in [-0.2, 0) is 23.4 Å². The summed E-state index contributed by atoms with van der Waals surface area (Å²) in [6, 6.07) is 7.62. The molecule has 4 rings (SSSR count). The fraction of sp³-hybridized carbons (Fsp3) is 0.381. The van der Waals surface area contributed by atoms with E-state index in [1.807, 2.05) is 26.0 Å². The van der Waals surface area contributed by atoms with E-state index in [1.165, 1.54) is 23.1 Å². The van der Waals surface area contributed by atoms with E-state index in [1.54, 1.807) is 21.8 Å². The van der Waals surface area contributed by atoms with Crippen LogP contribution in [0, 0.1) is 13.8 Å². The molecule has 1 N–H and O–H groups in total. The monoisotopic (exact) mass is 413 g/mol. The van der Waals surface area contributed by atoms with E-state index < -0.39 is 0 Å². The number of thioether (sulfide) groups is 1. The van der Waals surface area contributed by atoms with E-state index in [0.717, 1.165) is 52.4 Å². The Morgan fingerprint density at radius 3 is 2.71 bits per heavy atom. The number of anilines is 1. The van der Waals surface area contributed by atoms with Crippen LogP contribution in [-0.4, -0.2) is 21.0 Å². The van der Waals surface area contributed by atoms with Gasteiger partial charge in [0.2, 0.25) is 5.91 Å². The summed E-state index contributed by atoms with van der Waals surface area (Å²) in [4.78, 5) is 31.6. The highest BCUT2D eigenvalue weighted by molar-refractivity contribution is 7.99. The lowest BCUT2D eigenvalue weighted by Gasteiger charge is -2.10. The van der Waals surface area contributed by atoms with Gasteiger partial charge in [-0.05, 0) is 62.8 Å². The standard InChI is InChI=1S/C21H23N3O2S2/c1-13-7-14(2)9-15(8-13)22-19(25)12-27-11-16-10-20(26)24-17-5-3-4-6-18(17)28-21(24)23-16/h7-10H,3-6,11-12H2,1-2H3,(H,22,25). The number of nitrogens with zero attached hydrogens (tertiary/aromatic N) is 2. The maximum Gasteiger partial charge on any atom is 0.259 e. The van der Waals surface area contributed by atoms with Crippen LogP contribution >= 0.6 is 23.1 Å². The van der Waals surface area contributed by atoms with Gasteiger partial charge >= 0.3 is 0 Å². The van der Waals surface area contributed by atoms with Crippen molar-refractivity contribution < 1.29 is 4.79 Å². The highest BCUT2D eigenvalue weighted by atomic mass is 32.2. The molecule has 0 saturated carbocycles. The van der Waals surface area contributed by atoms with Crippen molar-refractivity contribution in [2.75, 3.05) is 11.1 Å². The van der Waals surface area contributed by atoms with Crippen LogP contribution in [0.4, 0.5) is 5.69 Å². The van der Waals surface area contributed by atoms with Gasteiger partial charge in [0.05, 0.1) is 11.4 Å². The van der Waals surface area contributed by atoms with Crippen molar-refractivity contribution >= 4 is 39.7 Å². The minimum absolute atomic E-state index is 0.000289. The highest BCUT2D eigenvalue weighted by Crippen LogP contribution is 2.28. The first-order valence-corrected chi connectivity index (χ1v) is 11.5. The predicted molar refractivity (Wildman–Crippen MR) is 117 cm³/mol. The summed E-state index contributed by atoms with van der Waals surface area (Å²) in [5.41, 5.74) is 4.97. The molecule has 3 aromatic rings. The van der Waals surface area contributed by atoms with Crippen LogP contribution in [0.5, 0.6) is 0 Å². The van der Waals surface area contributed by atoms with Crippen LogP contribution in [0.1, 0.15) is 40.2 Å². The maximum atomic E-state index is 12.6. The van der Waals surface area contributed by atoms with Crippen LogP contribution in [0.15, 0.2) is 29.1 Å². The fourth-order valence-electron chi connectivity index (χ4n) is 3.71. The van der Waals surface area contributed by atoms with Gasteiger partial charge in [-0.2, -0.15) is 0 Å². The SMILES string of the molecule is Cc1cc(C)cc(NC(=O)CSCc2cc(=O)n3c4c(sc3n2)CCCC4)c1. The zero-order valence-corrected chi connectivity index (χ0v) is 17.7. The molecule has 1 aliphatic rings. The third-order valence-corrected chi connectivity index (χ3v) is 6.91. The molecule has 0 radical (unpaired) electrons. The van der Waals surface area contributed by atoms with Crippen molar-refractivity contribution in [2.24, 2.45) is 0 Å². The second-order valence-corrected chi connectivity index (χ2v) is 9.35. The number of hydrogen-bond acceptors (Lipinski definition) is 5. The lowest BCUT2D eigenvalue weighted by Crippen LogP contribution is -2.18. The van der Waals surface area contributed by atoms with E-state index >= 15 is 0 Å². The average Bonchev–Trinajstić information content (AvgIpc) is 2.99. The van der Waals surface area contributed by atoms with Crippen LogP contribution in [0.3, 0.4) is 0 Å². The van der Waals surface area contributed by atoms with E-state index in [2.05, 4.69) is 16.4 Å². The summed E-state index contributed by atoms with van der Waals surface area (Å²) in [5.74, 6) is 0.836. The number of benzene rings is 1. The second kappa shape index (κ2) is 8.09. The molecule has 28 heavy (non-hydrogen) atoms. The number of fused-ring (bicyclic) bond motifs is 3. The van der Waals surface area contributed by atoms with E-state index in [0.29, 0.717) is 11.5 Å². The molecule has 1 amide bonds. The number of aromatic nitrogens is 2. The third kappa shape index (κ3) is 4.15. The molecule has 0 bridgehead atoms. The van der Waals surface area contributed by atoms with Crippen molar-refractivity contribution in [3.05, 3.63) is 62.0 Å². The summed E-state index contributed by atoms with van der Waals surface area (Å²) in [5, 5.41) is 2.94. The lowest BCUT2D eigenvalue weighted by atomic mass is 10.0. The van der Waals surface area contributed by atoms with Crippen molar-refractivity contribution in [2.45, 2.75) is 45.3 Å². The van der Waals surface area contributed by atoms with Crippen LogP contribution in [0.25, 0.3) is 4.96 Å². The van der Waals surface area contributed by atoms with Gasteiger partial charge in [-0.3, -0.25) is 14.0 Å². The van der Waals surface area contributed by atoms with Gasteiger partial charge < -0.3 is 5.32 Å². The average molecular weight is 414 g/mol. The quantitative estimate of drug-likeness (QED) is 0.683. The Hall–Kier alpha value is -2.12. The van der Waals surface area contributed by atoms with Gasteiger partial charge in [-0.25, -0.2) is 4.98 Å². The molecule has 2 heterocycles. The number of aryl methyl sites for hydroxylation is 4. The largest absolute Gasteiger partial charge is 0.325 e. The smallest absolute Gasteiger partial charge is 0.259 e. The Bertz CT molecular complexity index is 1080. The number of thiazole rings is 1. The van der Waals surface area contributed by atoms with Crippen molar-refractivity contribution in [1.29, 1.82) is 0 Å². The van der Waals surface area contributed by atoms with Crippen molar-refractivity contribution in [1.82, 2.24) is 9.38 Å². The molecule has 0 aliphatic heterocycles. The minimum Gasteiger partial charge on any atom is -0.325 e. The van der Waals surface area contributed by atoms with E-state index in [9.17, 15) is 9.59 Å². The molecule has 0 atom stereocenters. The Morgan fingerprint density at radius 2 is 1.93 bits per heavy atom. The summed E-state index contributed by atoms with van der Waals surface area (Å²) in [7, 11) is 0. The predicted octanol–water partition coefficient (Wildman–Crippen LogP) is 4.12. The van der Waals surface area contributed by atoms with E-state index in [-0.39, 0.29) is 11.5 Å². The van der Waals surface area contributed by atoms with Crippen LogP contribution in [0.2, 0.25) is 0 Å². The Kier molecular flexibility index (Phi) is 5.55. The van der Waals surface area contributed by atoms with Crippen LogP contribution < -0.4 is 10.9 Å². The Balaban J connectivity index is 1.40. The van der Waals surface area contributed by atoms with Gasteiger partial charge in [-0.15, -0.1) is 23.1 Å². The third-order valence-electron chi connectivity index (χ3n) is 4.80. The molecular formula is C21H23N3O2S2.